The number of ether oxygens (including phenoxy) is 2. The first-order valence-corrected chi connectivity index (χ1v) is 10.6. The highest BCUT2D eigenvalue weighted by Crippen LogP contribution is 2.30. The third-order valence-electron chi connectivity index (χ3n) is 5.92. The fourth-order valence-corrected chi connectivity index (χ4v) is 4.33. The maximum absolute atomic E-state index is 5.74. The Balaban J connectivity index is 1.48. The molecule has 1 saturated heterocycles. The van der Waals surface area contributed by atoms with Crippen LogP contribution in [0, 0.1) is 5.92 Å². The number of nitrogens with zero attached hydrogens (tertiary/aromatic N) is 6. The van der Waals surface area contributed by atoms with Gasteiger partial charge in [0, 0.05) is 30.3 Å². The Morgan fingerprint density at radius 2 is 1.93 bits per heavy atom. The van der Waals surface area contributed by atoms with Gasteiger partial charge in [0.05, 0.1) is 50.3 Å². The first-order valence-electron chi connectivity index (χ1n) is 10.6. The maximum Gasteiger partial charge on any atom is 0.316 e. The number of methoxy groups -OCH3 is 1. The highest BCUT2D eigenvalue weighted by Gasteiger charge is 2.23. The minimum atomic E-state index is 0.347. The molecule has 1 fully saturated rings. The average molecular weight is 409 g/mol. The summed E-state index contributed by atoms with van der Waals surface area (Å²) >= 11 is 0. The van der Waals surface area contributed by atoms with E-state index in [1.807, 2.05) is 10.9 Å². The predicted molar refractivity (Wildman–Crippen MR) is 111 cm³/mol. The number of rotatable bonds is 5. The first kappa shape index (κ1) is 19.2. The van der Waals surface area contributed by atoms with E-state index in [-0.39, 0.29) is 0 Å². The zero-order chi connectivity index (χ0) is 20.3. The molecule has 9 heteroatoms. The van der Waals surface area contributed by atoms with Gasteiger partial charge in [0.1, 0.15) is 5.69 Å². The van der Waals surface area contributed by atoms with E-state index in [4.69, 9.17) is 14.6 Å². The smallest absolute Gasteiger partial charge is 0.316 e. The maximum atomic E-state index is 5.74. The van der Waals surface area contributed by atoms with Crippen LogP contribution in [0.2, 0.25) is 0 Å². The van der Waals surface area contributed by atoms with E-state index in [2.05, 4.69) is 31.3 Å². The van der Waals surface area contributed by atoms with Gasteiger partial charge < -0.3 is 14.8 Å². The molecule has 0 unspecified atom stereocenters. The molecule has 0 radical (unpaired) electrons. The fourth-order valence-electron chi connectivity index (χ4n) is 4.33. The summed E-state index contributed by atoms with van der Waals surface area (Å²) in [4.78, 5) is 8.50. The highest BCUT2D eigenvalue weighted by molar-refractivity contribution is 5.64. The normalized spacial score (nSPS) is 17.5. The molecular formula is C21H27N7O2. The molecule has 5 rings (SSSR count). The number of hydrogen-bond donors (Lipinski definition) is 1. The largest absolute Gasteiger partial charge is 0.467 e. The molecule has 0 atom stereocenters. The standard InChI is InChI=1S/C21H27N7O2/c1-29-21-23-11-17(12-24-21)28-19-5-9-30-8-4-18(19)20(26-28)16-10-25-27(14-16)13-15-2-6-22-7-3-15/h10-12,14-15,22H,2-9,13H2,1H3. The molecule has 3 aromatic rings. The van der Waals surface area contributed by atoms with Gasteiger partial charge in [0.15, 0.2) is 0 Å². The van der Waals surface area contributed by atoms with Crippen LogP contribution in [0.25, 0.3) is 16.9 Å². The second kappa shape index (κ2) is 8.53. The summed E-state index contributed by atoms with van der Waals surface area (Å²) in [6.45, 7) is 4.54. The number of nitrogens with one attached hydrogen (secondary N) is 1. The minimum absolute atomic E-state index is 0.347. The summed E-state index contributed by atoms with van der Waals surface area (Å²) < 4.78 is 14.8. The molecule has 158 valence electrons. The van der Waals surface area contributed by atoms with E-state index < -0.39 is 0 Å². The molecule has 9 nitrogen and oxygen atoms in total. The predicted octanol–water partition coefficient (Wildman–Crippen LogP) is 1.65. The molecule has 3 aromatic heterocycles. The summed E-state index contributed by atoms with van der Waals surface area (Å²) in [5, 5.41) is 13.0. The van der Waals surface area contributed by atoms with E-state index in [1.54, 1.807) is 19.5 Å². The van der Waals surface area contributed by atoms with Crippen LogP contribution in [0.15, 0.2) is 24.8 Å². The SMILES string of the molecule is COc1ncc(-n2nc(-c3cnn(CC4CCNCC4)c3)c3c2CCOCC3)cn1. The van der Waals surface area contributed by atoms with Crippen LogP contribution in [0.1, 0.15) is 24.1 Å². The van der Waals surface area contributed by atoms with Crippen molar-refractivity contribution in [1.29, 1.82) is 0 Å². The van der Waals surface area contributed by atoms with Crippen LogP contribution in [-0.4, -0.2) is 62.9 Å². The summed E-state index contributed by atoms with van der Waals surface area (Å²) in [6, 6.07) is 0.347. The van der Waals surface area contributed by atoms with Crippen molar-refractivity contribution < 1.29 is 9.47 Å². The second-order valence-corrected chi connectivity index (χ2v) is 7.87. The molecule has 5 heterocycles. The van der Waals surface area contributed by atoms with Gasteiger partial charge in [-0.05, 0) is 38.3 Å². The molecule has 0 saturated carbocycles. The molecule has 30 heavy (non-hydrogen) atoms. The molecule has 0 aromatic carbocycles. The van der Waals surface area contributed by atoms with Gasteiger partial charge >= 0.3 is 6.01 Å². The number of piperidine rings is 1. The van der Waals surface area contributed by atoms with Gasteiger partial charge in [-0.25, -0.2) is 14.6 Å². The van der Waals surface area contributed by atoms with Crippen molar-refractivity contribution in [3.05, 3.63) is 36.0 Å². The molecule has 2 aliphatic rings. The van der Waals surface area contributed by atoms with Crippen LogP contribution in [0.5, 0.6) is 6.01 Å². The van der Waals surface area contributed by atoms with E-state index in [1.165, 1.54) is 18.4 Å². The molecule has 2 aliphatic heterocycles. The number of fused-ring (bicyclic) bond motifs is 1. The Morgan fingerprint density at radius 1 is 1.13 bits per heavy atom. The van der Waals surface area contributed by atoms with Gasteiger partial charge in [0.25, 0.3) is 0 Å². The Hall–Kier alpha value is -2.78. The minimum Gasteiger partial charge on any atom is -0.467 e. The van der Waals surface area contributed by atoms with Crippen molar-refractivity contribution >= 4 is 0 Å². The number of hydrogen-bond acceptors (Lipinski definition) is 7. The lowest BCUT2D eigenvalue weighted by molar-refractivity contribution is 0.145. The summed E-state index contributed by atoms with van der Waals surface area (Å²) in [6.07, 6.45) is 11.6. The third kappa shape index (κ3) is 3.82. The summed E-state index contributed by atoms with van der Waals surface area (Å²) in [7, 11) is 1.56. The highest BCUT2D eigenvalue weighted by atomic mass is 16.5. The monoisotopic (exact) mass is 409 g/mol. The number of aromatic nitrogens is 6. The van der Waals surface area contributed by atoms with Gasteiger partial charge in [0.2, 0.25) is 0 Å². The average Bonchev–Trinajstić information content (AvgIpc) is 3.31. The molecule has 0 spiro atoms. The Kier molecular flexibility index (Phi) is 5.46. The summed E-state index contributed by atoms with van der Waals surface area (Å²) in [5.41, 5.74) is 5.23. The zero-order valence-corrected chi connectivity index (χ0v) is 17.3. The van der Waals surface area contributed by atoms with Crippen molar-refractivity contribution in [2.75, 3.05) is 33.4 Å². The van der Waals surface area contributed by atoms with Crippen LogP contribution in [-0.2, 0) is 24.1 Å². The van der Waals surface area contributed by atoms with E-state index in [0.717, 1.165) is 55.1 Å². The first-order chi connectivity index (χ1) is 14.8. The lowest BCUT2D eigenvalue weighted by atomic mass is 9.98. The van der Waals surface area contributed by atoms with Gasteiger partial charge in [-0.1, -0.05) is 0 Å². The van der Waals surface area contributed by atoms with Crippen molar-refractivity contribution in [1.82, 2.24) is 34.8 Å². The molecule has 0 bridgehead atoms. The third-order valence-corrected chi connectivity index (χ3v) is 5.92. The van der Waals surface area contributed by atoms with Crippen LogP contribution >= 0.6 is 0 Å². The lowest BCUT2D eigenvalue weighted by Gasteiger charge is -2.22. The Labute approximate surface area is 175 Å². The lowest BCUT2D eigenvalue weighted by Crippen LogP contribution is -2.29. The van der Waals surface area contributed by atoms with E-state index >= 15 is 0 Å². The molecule has 0 aliphatic carbocycles. The topological polar surface area (TPSA) is 91.9 Å². The fraction of sp³-hybridized carbons (Fsp3) is 0.524. The van der Waals surface area contributed by atoms with E-state index in [9.17, 15) is 0 Å². The van der Waals surface area contributed by atoms with Crippen LogP contribution in [0.3, 0.4) is 0 Å². The van der Waals surface area contributed by atoms with Crippen LogP contribution < -0.4 is 10.1 Å². The van der Waals surface area contributed by atoms with Crippen molar-refractivity contribution in [3.63, 3.8) is 0 Å². The van der Waals surface area contributed by atoms with E-state index in [0.29, 0.717) is 25.1 Å². The van der Waals surface area contributed by atoms with Crippen molar-refractivity contribution in [2.24, 2.45) is 5.92 Å². The Bertz CT molecular complexity index is 989. The van der Waals surface area contributed by atoms with Crippen molar-refractivity contribution in [2.45, 2.75) is 32.2 Å². The van der Waals surface area contributed by atoms with Gasteiger partial charge in [-0.3, -0.25) is 4.68 Å². The summed E-state index contributed by atoms with van der Waals surface area (Å²) in [5.74, 6) is 0.679. The molecule has 1 N–H and O–H groups in total. The van der Waals surface area contributed by atoms with Gasteiger partial charge in [-0.15, -0.1) is 0 Å². The van der Waals surface area contributed by atoms with Gasteiger partial charge in [-0.2, -0.15) is 10.2 Å². The quantitative estimate of drug-likeness (QED) is 0.685. The molecular weight excluding hydrogens is 382 g/mol. The second-order valence-electron chi connectivity index (χ2n) is 7.87. The van der Waals surface area contributed by atoms with Crippen molar-refractivity contribution in [3.8, 4) is 23.0 Å². The zero-order valence-electron chi connectivity index (χ0n) is 17.3. The molecule has 0 amide bonds. The van der Waals surface area contributed by atoms with Crippen LogP contribution in [0.4, 0.5) is 0 Å². The Morgan fingerprint density at radius 3 is 2.73 bits per heavy atom.